The van der Waals surface area contributed by atoms with E-state index in [-0.39, 0.29) is 0 Å². The van der Waals surface area contributed by atoms with Crippen LogP contribution in [0.3, 0.4) is 0 Å². The van der Waals surface area contributed by atoms with Crippen LogP contribution >= 0.6 is 0 Å². The second-order valence-electron chi connectivity index (χ2n) is 1.62. The van der Waals surface area contributed by atoms with Gasteiger partial charge in [-0.2, -0.15) is 0 Å². The number of aliphatic carboxylic acids is 2. The molecule has 64 valence electrons. The first-order chi connectivity index (χ1) is 5.54. The quantitative estimate of drug-likeness (QED) is 0.449. The number of aliphatic imine (C=N–C) groups is 2. The minimum atomic E-state index is -1.50. The van der Waals surface area contributed by atoms with Crippen LogP contribution in [0.4, 0.5) is 0 Å². The molecule has 0 fully saturated rings. The molecule has 0 bridgehead atoms. The number of carbonyl (C=O) groups is 2. The summed E-state index contributed by atoms with van der Waals surface area (Å²) in [5.41, 5.74) is -1.45. The molecule has 0 aromatic carbocycles. The van der Waals surface area contributed by atoms with Gasteiger partial charge in [-0.3, -0.25) is 9.98 Å². The molecule has 0 amide bonds. The Bertz CT molecular complexity index is 251. The average Bonchev–Trinajstić information content (AvgIpc) is 1.98. The number of hydrogen-bond acceptors (Lipinski definition) is 4. The van der Waals surface area contributed by atoms with Gasteiger partial charge in [0, 0.05) is 0 Å². The molecule has 2 N–H and O–H groups in total. The van der Waals surface area contributed by atoms with E-state index in [1.165, 1.54) is 0 Å². The second-order valence-corrected chi connectivity index (χ2v) is 1.62. The van der Waals surface area contributed by atoms with E-state index in [1.54, 1.807) is 0 Å². The highest BCUT2D eigenvalue weighted by Crippen LogP contribution is 2.06. The molecule has 0 spiro atoms. The van der Waals surface area contributed by atoms with E-state index in [9.17, 15) is 9.59 Å². The molecule has 0 unspecified atom stereocenters. The van der Waals surface area contributed by atoms with Gasteiger partial charge in [-0.15, -0.1) is 0 Å². The molecule has 0 aliphatic carbocycles. The van der Waals surface area contributed by atoms with Crippen LogP contribution in [0.15, 0.2) is 21.4 Å². The largest absolute Gasteiger partial charge is 0.476 e. The fourth-order valence-electron chi connectivity index (χ4n) is 0.488. The summed E-state index contributed by atoms with van der Waals surface area (Å²) in [5, 5.41) is 16.8. The summed E-state index contributed by atoms with van der Waals surface area (Å²) < 4.78 is 0. The molecule has 0 aromatic heterocycles. The maximum atomic E-state index is 10.3. The van der Waals surface area contributed by atoms with Gasteiger partial charge >= 0.3 is 11.9 Å². The van der Waals surface area contributed by atoms with Gasteiger partial charge < -0.3 is 10.2 Å². The standard InChI is InChI=1S/C6H6N2O4/c1-7-3(5(9)10)4(8-2)6(11)12/h1-2H2,(H,9,10)(H,11,12)/b4-3-. The third-order valence-corrected chi connectivity index (χ3v) is 0.946. The van der Waals surface area contributed by atoms with E-state index < -0.39 is 23.3 Å². The highest BCUT2D eigenvalue weighted by Gasteiger charge is 2.17. The first-order valence-electron chi connectivity index (χ1n) is 2.69. The van der Waals surface area contributed by atoms with Gasteiger partial charge in [0.1, 0.15) is 0 Å². The SMILES string of the molecule is C=N/C(C(=O)O)=C(\N=C)C(=O)O. The van der Waals surface area contributed by atoms with Gasteiger partial charge in [0.05, 0.1) is 0 Å². The topological polar surface area (TPSA) is 99.3 Å². The molecule has 0 saturated carbocycles. The van der Waals surface area contributed by atoms with E-state index in [2.05, 4.69) is 23.4 Å². The van der Waals surface area contributed by atoms with Crippen LogP contribution < -0.4 is 0 Å². The van der Waals surface area contributed by atoms with E-state index in [1.807, 2.05) is 0 Å². The van der Waals surface area contributed by atoms with Gasteiger partial charge in [-0.25, -0.2) is 9.59 Å². The van der Waals surface area contributed by atoms with E-state index >= 15 is 0 Å². The number of carboxylic acid groups (broad SMARTS) is 2. The fraction of sp³-hybridized carbons (Fsp3) is 0. The molecule has 0 aromatic rings. The summed E-state index contributed by atoms with van der Waals surface area (Å²) in [7, 11) is 0. The summed E-state index contributed by atoms with van der Waals surface area (Å²) in [4.78, 5) is 26.6. The molecule has 12 heavy (non-hydrogen) atoms. The minimum absolute atomic E-state index is 0.725. The predicted octanol–water partition coefficient (Wildman–Crippen LogP) is -0.232. The third kappa shape index (κ3) is 2.01. The Labute approximate surface area is 67.6 Å². The molecular formula is C6H6N2O4. The molecule has 6 nitrogen and oxygen atoms in total. The molecule has 0 radical (unpaired) electrons. The Morgan fingerprint density at radius 1 is 0.917 bits per heavy atom. The van der Waals surface area contributed by atoms with E-state index in [0.717, 1.165) is 0 Å². The number of hydrogen-bond donors (Lipinski definition) is 2. The number of rotatable bonds is 4. The predicted molar refractivity (Wildman–Crippen MR) is 41.4 cm³/mol. The third-order valence-electron chi connectivity index (χ3n) is 0.946. The molecule has 0 aliphatic rings. The normalized spacial score (nSPS) is 11.3. The van der Waals surface area contributed by atoms with Crippen LogP contribution in [0.1, 0.15) is 0 Å². The lowest BCUT2D eigenvalue weighted by Gasteiger charge is -1.96. The van der Waals surface area contributed by atoms with Crippen molar-refractivity contribution in [1.29, 1.82) is 0 Å². The molecule has 0 aliphatic heterocycles. The summed E-state index contributed by atoms with van der Waals surface area (Å²) in [5.74, 6) is -3.01. The Morgan fingerprint density at radius 2 is 1.17 bits per heavy atom. The van der Waals surface area contributed by atoms with Gasteiger partial charge in [0.2, 0.25) is 0 Å². The van der Waals surface area contributed by atoms with Crippen LogP contribution in [0.25, 0.3) is 0 Å². The first kappa shape index (κ1) is 10.0. The van der Waals surface area contributed by atoms with Crippen LogP contribution in [0.5, 0.6) is 0 Å². The van der Waals surface area contributed by atoms with Crippen molar-refractivity contribution < 1.29 is 19.8 Å². The Kier molecular flexibility index (Phi) is 3.35. The fourth-order valence-corrected chi connectivity index (χ4v) is 0.488. The van der Waals surface area contributed by atoms with Crippen molar-refractivity contribution in [3.05, 3.63) is 11.4 Å². The van der Waals surface area contributed by atoms with Crippen molar-refractivity contribution in [3.63, 3.8) is 0 Å². The Balaban J connectivity index is 5.30. The van der Waals surface area contributed by atoms with E-state index in [0.29, 0.717) is 0 Å². The van der Waals surface area contributed by atoms with Crippen molar-refractivity contribution in [2.24, 2.45) is 9.98 Å². The van der Waals surface area contributed by atoms with Crippen molar-refractivity contribution >= 4 is 25.4 Å². The van der Waals surface area contributed by atoms with Crippen molar-refractivity contribution in [2.75, 3.05) is 0 Å². The van der Waals surface area contributed by atoms with Crippen molar-refractivity contribution in [3.8, 4) is 0 Å². The van der Waals surface area contributed by atoms with Gasteiger partial charge in [-0.05, 0) is 13.4 Å². The maximum Gasteiger partial charge on any atom is 0.357 e. The van der Waals surface area contributed by atoms with Crippen molar-refractivity contribution in [1.82, 2.24) is 0 Å². The lowest BCUT2D eigenvalue weighted by molar-refractivity contribution is -0.136. The second kappa shape index (κ2) is 4.02. The van der Waals surface area contributed by atoms with Crippen molar-refractivity contribution in [2.45, 2.75) is 0 Å². The number of nitrogens with zero attached hydrogens (tertiary/aromatic N) is 2. The van der Waals surface area contributed by atoms with Crippen LogP contribution in [-0.2, 0) is 9.59 Å². The molecule has 0 atom stereocenters. The molecule has 6 heteroatoms. The number of carboxylic acids is 2. The smallest absolute Gasteiger partial charge is 0.357 e. The van der Waals surface area contributed by atoms with Gasteiger partial charge in [0.25, 0.3) is 0 Å². The molecule has 0 rings (SSSR count). The highest BCUT2D eigenvalue weighted by atomic mass is 16.4. The van der Waals surface area contributed by atoms with Crippen LogP contribution in [0, 0.1) is 0 Å². The highest BCUT2D eigenvalue weighted by molar-refractivity contribution is 5.99. The van der Waals surface area contributed by atoms with Gasteiger partial charge in [0.15, 0.2) is 11.4 Å². The van der Waals surface area contributed by atoms with Gasteiger partial charge in [-0.1, -0.05) is 0 Å². The Hall–Kier alpha value is -1.98. The lowest BCUT2D eigenvalue weighted by Crippen LogP contribution is -2.08. The van der Waals surface area contributed by atoms with Crippen LogP contribution in [-0.4, -0.2) is 35.6 Å². The zero-order valence-electron chi connectivity index (χ0n) is 6.02. The summed E-state index contributed by atoms with van der Waals surface area (Å²) in [6, 6.07) is 0. The minimum Gasteiger partial charge on any atom is -0.476 e. The molecule has 0 heterocycles. The summed E-state index contributed by atoms with van der Waals surface area (Å²) in [6.07, 6.45) is 0. The summed E-state index contributed by atoms with van der Waals surface area (Å²) >= 11 is 0. The maximum absolute atomic E-state index is 10.3. The first-order valence-corrected chi connectivity index (χ1v) is 2.69. The average molecular weight is 170 g/mol. The Morgan fingerprint density at radius 3 is 1.25 bits per heavy atom. The molecule has 0 saturated heterocycles. The van der Waals surface area contributed by atoms with E-state index in [4.69, 9.17) is 10.2 Å². The lowest BCUT2D eigenvalue weighted by atomic mass is 10.3. The molecular weight excluding hydrogens is 164 g/mol. The zero-order valence-corrected chi connectivity index (χ0v) is 6.02. The zero-order chi connectivity index (χ0) is 9.72. The summed E-state index contributed by atoms with van der Waals surface area (Å²) in [6.45, 7) is 5.79. The van der Waals surface area contributed by atoms with Crippen LogP contribution in [0.2, 0.25) is 0 Å². The monoisotopic (exact) mass is 170 g/mol.